The third-order valence-electron chi connectivity index (χ3n) is 4.85. The van der Waals surface area contributed by atoms with Crippen LogP contribution in [0.3, 0.4) is 0 Å². The number of benzene rings is 1. The molecule has 0 saturated carbocycles. The third kappa shape index (κ3) is 4.35. The summed E-state index contributed by atoms with van der Waals surface area (Å²) in [5.41, 5.74) is 1.75. The minimum atomic E-state index is -0.321. The second-order valence-electron chi connectivity index (χ2n) is 6.81. The Morgan fingerprint density at radius 2 is 2.00 bits per heavy atom. The summed E-state index contributed by atoms with van der Waals surface area (Å²) in [6.07, 6.45) is 3.86. The van der Waals surface area contributed by atoms with Gasteiger partial charge in [-0.05, 0) is 68.4 Å². The van der Waals surface area contributed by atoms with E-state index in [1.165, 1.54) is 12.1 Å². The number of pyridine rings is 1. The number of aromatic amines is 1. The van der Waals surface area contributed by atoms with Crippen molar-refractivity contribution in [2.75, 3.05) is 13.1 Å². The van der Waals surface area contributed by atoms with Crippen LogP contribution in [-0.2, 0) is 6.42 Å². The average Bonchev–Trinajstić information content (AvgIpc) is 2.61. The maximum Gasteiger partial charge on any atom is 0.260 e. The maximum atomic E-state index is 13.0. The predicted molar refractivity (Wildman–Crippen MR) is 95.1 cm³/mol. The van der Waals surface area contributed by atoms with E-state index in [-0.39, 0.29) is 22.8 Å². The Bertz CT molecular complexity index is 798. The van der Waals surface area contributed by atoms with Gasteiger partial charge in [0.15, 0.2) is 0 Å². The van der Waals surface area contributed by atoms with Gasteiger partial charge in [-0.2, -0.15) is 0 Å². The lowest BCUT2D eigenvalue weighted by Crippen LogP contribution is -2.42. The summed E-state index contributed by atoms with van der Waals surface area (Å²) in [6, 6.07) is 9.95. The van der Waals surface area contributed by atoms with Crippen molar-refractivity contribution in [3.8, 4) is 0 Å². The number of aromatic nitrogens is 1. The Morgan fingerprint density at radius 3 is 2.72 bits per heavy atom. The molecule has 5 heteroatoms. The Kier molecular flexibility index (Phi) is 5.31. The minimum absolute atomic E-state index is 0.187. The molecular weight excluding hydrogens is 319 g/mol. The Labute approximate surface area is 146 Å². The minimum Gasteiger partial charge on any atom is -0.338 e. The van der Waals surface area contributed by atoms with E-state index >= 15 is 0 Å². The fourth-order valence-corrected chi connectivity index (χ4v) is 3.42. The number of halogens is 1. The lowest BCUT2D eigenvalue weighted by Gasteiger charge is -2.32. The maximum absolute atomic E-state index is 13.0. The van der Waals surface area contributed by atoms with Crippen molar-refractivity contribution < 1.29 is 9.18 Å². The van der Waals surface area contributed by atoms with Gasteiger partial charge in [0.05, 0.1) is 0 Å². The van der Waals surface area contributed by atoms with Crippen LogP contribution in [0, 0.1) is 18.7 Å². The predicted octanol–water partition coefficient (Wildman–Crippen LogP) is 3.31. The van der Waals surface area contributed by atoms with Crippen LogP contribution in [0.15, 0.2) is 41.2 Å². The SMILES string of the molecule is Cc1ccc(C(=O)N2CCC[C@H](CCc3ccc(F)cc3)C2)c(=O)[nH]1. The molecule has 3 rings (SSSR count). The number of hydrogen-bond acceptors (Lipinski definition) is 2. The molecule has 1 aliphatic rings. The van der Waals surface area contributed by atoms with Crippen LogP contribution >= 0.6 is 0 Å². The quantitative estimate of drug-likeness (QED) is 0.927. The van der Waals surface area contributed by atoms with E-state index in [1.807, 2.05) is 12.1 Å². The van der Waals surface area contributed by atoms with Crippen molar-refractivity contribution in [1.82, 2.24) is 9.88 Å². The number of nitrogens with zero attached hydrogens (tertiary/aromatic N) is 1. The number of amides is 1. The molecule has 0 spiro atoms. The van der Waals surface area contributed by atoms with Gasteiger partial charge in [-0.1, -0.05) is 12.1 Å². The van der Waals surface area contributed by atoms with Crippen molar-refractivity contribution in [2.45, 2.75) is 32.6 Å². The number of likely N-dealkylation sites (tertiary alicyclic amines) is 1. The van der Waals surface area contributed by atoms with Gasteiger partial charge >= 0.3 is 0 Å². The number of H-pyrrole nitrogens is 1. The fourth-order valence-electron chi connectivity index (χ4n) is 3.42. The number of aryl methyl sites for hydroxylation is 2. The molecule has 0 aliphatic carbocycles. The number of piperidine rings is 1. The molecule has 25 heavy (non-hydrogen) atoms. The highest BCUT2D eigenvalue weighted by Crippen LogP contribution is 2.22. The monoisotopic (exact) mass is 342 g/mol. The van der Waals surface area contributed by atoms with Gasteiger partial charge < -0.3 is 9.88 Å². The molecule has 2 heterocycles. The number of nitrogens with one attached hydrogen (secondary N) is 1. The Hall–Kier alpha value is -2.43. The number of carbonyl (C=O) groups excluding carboxylic acids is 1. The van der Waals surface area contributed by atoms with Gasteiger partial charge in [0.25, 0.3) is 11.5 Å². The zero-order chi connectivity index (χ0) is 17.8. The second kappa shape index (κ2) is 7.64. The van der Waals surface area contributed by atoms with Crippen LogP contribution in [0.25, 0.3) is 0 Å². The molecule has 1 aromatic carbocycles. The van der Waals surface area contributed by atoms with E-state index in [4.69, 9.17) is 0 Å². The van der Waals surface area contributed by atoms with Gasteiger partial charge in [-0.15, -0.1) is 0 Å². The van der Waals surface area contributed by atoms with E-state index in [0.29, 0.717) is 19.0 Å². The highest BCUT2D eigenvalue weighted by Gasteiger charge is 2.25. The normalized spacial score (nSPS) is 17.5. The van der Waals surface area contributed by atoms with E-state index < -0.39 is 0 Å². The molecule has 0 unspecified atom stereocenters. The van der Waals surface area contributed by atoms with E-state index in [9.17, 15) is 14.0 Å². The summed E-state index contributed by atoms with van der Waals surface area (Å²) in [6.45, 7) is 3.16. The van der Waals surface area contributed by atoms with E-state index in [2.05, 4.69) is 4.98 Å². The summed E-state index contributed by atoms with van der Waals surface area (Å²) < 4.78 is 13.0. The summed E-state index contributed by atoms with van der Waals surface area (Å²) in [7, 11) is 0. The molecule has 1 amide bonds. The Balaban J connectivity index is 1.61. The highest BCUT2D eigenvalue weighted by molar-refractivity contribution is 5.93. The molecule has 4 nitrogen and oxygen atoms in total. The fraction of sp³-hybridized carbons (Fsp3) is 0.400. The van der Waals surface area contributed by atoms with Crippen LogP contribution in [0.4, 0.5) is 4.39 Å². The molecule has 1 N–H and O–H groups in total. The van der Waals surface area contributed by atoms with Gasteiger partial charge in [0, 0.05) is 18.8 Å². The highest BCUT2D eigenvalue weighted by atomic mass is 19.1. The molecule has 1 atom stereocenters. The third-order valence-corrected chi connectivity index (χ3v) is 4.85. The second-order valence-corrected chi connectivity index (χ2v) is 6.81. The van der Waals surface area contributed by atoms with Crippen molar-refractivity contribution in [2.24, 2.45) is 5.92 Å². The Morgan fingerprint density at radius 1 is 1.24 bits per heavy atom. The molecule has 0 radical (unpaired) electrons. The van der Waals surface area contributed by atoms with Gasteiger partial charge in [0.1, 0.15) is 11.4 Å². The number of carbonyl (C=O) groups is 1. The smallest absolute Gasteiger partial charge is 0.260 e. The molecule has 1 aromatic heterocycles. The summed E-state index contributed by atoms with van der Waals surface area (Å²) in [5.74, 6) is 0.00141. The van der Waals surface area contributed by atoms with Crippen LogP contribution in [-0.4, -0.2) is 28.9 Å². The van der Waals surface area contributed by atoms with Crippen molar-refractivity contribution in [1.29, 1.82) is 0 Å². The van der Waals surface area contributed by atoms with Crippen LogP contribution in [0.5, 0.6) is 0 Å². The largest absolute Gasteiger partial charge is 0.338 e. The molecule has 1 aliphatic heterocycles. The van der Waals surface area contributed by atoms with E-state index in [0.717, 1.165) is 36.9 Å². The first-order valence-corrected chi connectivity index (χ1v) is 8.76. The first-order valence-electron chi connectivity index (χ1n) is 8.76. The molecule has 1 saturated heterocycles. The molecular formula is C20H23FN2O2. The summed E-state index contributed by atoms with van der Waals surface area (Å²) in [4.78, 5) is 29.1. The van der Waals surface area contributed by atoms with Gasteiger partial charge in [-0.25, -0.2) is 4.39 Å². The zero-order valence-corrected chi connectivity index (χ0v) is 14.4. The van der Waals surface area contributed by atoms with Crippen LogP contribution < -0.4 is 5.56 Å². The van der Waals surface area contributed by atoms with Crippen molar-refractivity contribution in [3.63, 3.8) is 0 Å². The molecule has 2 aromatic rings. The van der Waals surface area contributed by atoms with Crippen molar-refractivity contribution in [3.05, 3.63) is 69.4 Å². The van der Waals surface area contributed by atoms with E-state index in [1.54, 1.807) is 24.0 Å². The number of rotatable bonds is 4. The standard InChI is InChI=1S/C20H23FN2O2/c1-14-4-11-18(19(24)22-14)20(25)23-12-2-3-16(13-23)6-5-15-7-9-17(21)10-8-15/h4,7-11,16H,2-3,5-6,12-13H2,1H3,(H,22,24)/t16-/m1/s1. The summed E-state index contributed by atoms with van der Waals surface area (Å²) >= 11 is 0. The van der Waals surface area contributed by atoms with Gasteiger partial charge in [0.2, 0.25) is 0 Å². The lowest BCUT2D eigenvalue weighted by atomic mass is 9.91. The molecule has 0 bridgehead atoms. The number of hydrogen-bond donors (Lipinski definition) is 1. The zero-order valence-electron chi connectivity index (χ0n) is 14.4. The van der Waals surface area contributed by atoms with Gasteiger partial charge in [-0.3, -0.25) is 9.59 Å². The first kappa shape index (κ1) is 17.4. The van der Waals surface area contributed by atoms with Crippen LogP contribution in [0.2, 0.25) is 0 Å². The van der Waals surface area contributed by atoms with Crippen LogP contribution in [0.1, 0.15) is 40.9 Å². The molecule has 132 valence electrons. The van der Waals surface area contributed by atoms with Crippen molar-refractivity contribution >= 4 is 5.91 Å². The first-order chi connectivity index (χ1) is 12.0. The average molecular weight is 342 g/mol. The molecule has 1 fully saturated rings. The topological polar surface area (TPSA) is 53.2 Å². The summed E-state index contributed by atoms with van der Waals surface area (Å²) in [5, 5.41) is 0. The lowest BCUT2D eigenvalue weighted by molar-refractivity contribution is 0.0666.